The number of rotatable bonds is 5. The van der Waals surface area contributed by atoms with Crippen LogP contribution in [-0.2, 0) is 22.5 Å². The van der Waals surface area contributed by atoms with Crippen LogP contribution in [-0.4, -0.2) is 34.3 Å². The zero-order chi connectivity index (χ0) is 19.4. The smallest absolute Gasteiger partial charge is 0.359 e. The molecule has 3 rings (SSSR count). The molecule has 1 amide bonds. The van der Waals surface area contributed by atoms with Crippen LogP contribution in [0.4, 0.5) is 5.69 Å². The molecular formula is C20H23N3O4. The van der Waals surface area contributed by atoms with E-state index in [4.69, 9.17) is 4.74 Å². The van der Waals surface area contributed by atoms with Crippen molar-refractivity contribution in [3.05, 3.63) is 58.0 Å². The average Bonchev–Trinajstić information content (AvgIpc) is 2.67. The van der Waals surface area contributed by atoms with E-state index in [1.807, 2.05) is 38.1 Å². The van der Waals surface area contributed by atoms with E-state index in [1.54, 1.807) is 4.90 Å². The topological polar surface area (TPSA) is 81.5 Å². The summed E-state index contributed by atoms with van der Waals surface area (Å²) in [6, 6.07) is 10.4. The second-order valence-electron chi connectivity index (χ2n) is 6.64. The molecule has 7 heteroatoms. The number of fused-ring (bicyclic) bond motifs is 1. The molecular weight excluding hydrogens is 346 g/mol. The van der Waals surface area contributed by atoms with Crippen molar-refractivity contribution in [2.24, 2.45) is 0 Å². The Morgan fingerprint density at radius 1 is 1.22 bits per heavy atom. The number of amides is 1. The van der Waals surface area contributed by atoms with Gasteiger partial charge in [0.15, 0.2) is 12.3 Å². The van der Waals surface area contributed by atoms with E-state index in [2.05, 4.69) is 5.10 Å². The molecule has 0 N–H and O–H groups in total. The van der Waals surface area contributed by atoms with Crippen LogP contribution in [0.1, 0.15) is 42.7 Å². The summed E-state index contributed by atoms with van der Waals surface area (Å²) in [6.07, 6.45) is 2.50. The SMILES string of the molecule is CCCn1nc(C(=O)OCC(=O)N2c3ccccc3CCC2C)ccc1=O. The molecule has 27 heavy (non-hydrogen) atoms. The molecule has 0 saturated carbocycles. The first-order chi connectivity index (χ1) is 13.0. The molecule has 0 bridgehead atoms. The van der Waals surface area contributed by atoms with Gasteiger partial charge in [-0.3, -0.25) is 9.59 Å². The molecule has 1 aliphatic rings. The molecule has 0 fully saturated rings. The second kappa shape index (κ2) is 8.16. The van der Waals surface area contributed by atoms with Gasteiger partial charge in [-0.15, -0.1) is 0 Å². The number of benzene rings is 1. The molecule has 0 radical (unpaired) electrons. The van der Waals surface area contributed by atoms with Gasteiger partial charge in [0.25, 0.3) is 11.5 Å². The minimum absolute atomic E-state index is 0.0166. The van der Waals surface area contributed by atoms with E-state index in [0.717, 1.165) is 30.5 Å². The molecule has 1 aromatic carbocycles. The Morgan fingerprint density at radius 2 is 2.00 bits per heavy atom. The summed E-state index contributed by atoms with van der Waals surface area (Å²) < 4.78 is 6.40. The van der Waals surface area contributed by atoms with E-state index in [-0.39, 0.29) is 29.8 Å². The van der Waals surface area contributed by atoms with Crippen LogP contribution in [0, 0.1) is 0 Å². The van der Waals surface area contributed by atoms with Crippen LogP contribution < -0.4 is 10.5 Å². The highest BCUT2D eigenvalue weighted by Gasteiger charge is 2.28. The van der Waals surface area contributed by atoms with E-state index in [1.165, 1.54) is 16.8 Å². The quantitative estimate of drug-likeness (QED) is 0.755. The van der Waals surface area contributed by atoms with Crippen molar-refractivity contribution in [2.45, 2.75) is 45.7 Å². The molecule has 1 aliphatic heterocycles. The van der Waals surface area contributed by atoms with Gasteiger partial charge in [-0.25, -0.2) is 9.48 Å². The third-order valence-electron chi connectivity index (χ3n) is 4.63. The van der Waals surface area contributed by atoms with Gasteiger partial charge in [-0.05, 0) is 43.9 Å². The molecule has 0 spiro atoms. The lowest BCUT2D eigenvalue weighted by molar-refractivity contribution is -0.122. The Labute approximate surface area is 157 Å². The van der Waals surface area contributed by atoms with Crippen molar-refractivity contribution in [3.8, 4) is 0 Å². The highest BCUT2D eigenvalue weighted by atomic mass is 16.5. The van der Waals surface area contributed by atoms with Crippen molar-refractivity contribution in [3.63, 3.8) is 0 Å². The first kappa shape index (κ1) is 18.8. The fourth-order valence-corrected chi connectivity index (χ4v) is 3.27. The first-order valence-electron chi connectivity index (χ1n) is 9.16. The Morgan fingerprint density at radius 3 is 2.78 bits per heavy atom. The third kappa shape index (κ3) is 4.07. The van der Waals surface area contributed by atoms with Gasteiger partial charge in [0.1, 0.15) is 0 Å². The number of carbonyl (C=O) groups excluding carboxylic acids is 2. The number of para-hydroxylation sites is 1. The largest absolute Gasteiger partial charge is 0.451 e. The standard InChI is InChI=1S/C20H23N3O4/c1-3-12-22-18(24)11-10-16(21-22)20(26)27-13-19(25)23-14(2)8-9-15-6-4-5-7-17(15)23/h4-7,10-11,14H,3,8-9,12-13H2,1-2H3. The van der Waals surface area contributed by atoms with Gasteiger partial charge < -0.3 is 9.64 Å². The van der Waals surface area contributed by atoms with Crippen LogP contribution in [0.5, 0.6) is 0 Å². The molecule has 7 nitrogen and oxygen atoms in total. The van der Waals surface area contributed by atoms with Crippen molar-refractivity contribution >= 4 is 17.6 Å². The molecule has 0 aliphatic carbocycles. The average molecular weight is 369 g/mol. The molecule has 1 atom stereocenters. The van der Waals surface area contributed by atoms with Crippen LogP contribution in [0.3, 0.4) is 0 Å². The Kier molecular flexibility index (Phi) is 5.69. The van der Waals surface area contributed by atoms with Crippen LogP contribution in [0.25, 0.3) is 0 Å². The van der Waals surface area contributed by atoms with Crippen molar-refractivity contribution in [1.82, 2.24) is 9.78 Å². The van der Waals surface area contributed by atoms with Crippen LogP contribution in [0.2, 0.25) is 0 Å². The van der Waals surface area contributed by atoms with Gasteiger partial charge in [0.05, 0.1) is 0 Å². The molecule has 1 unspecified atom stereocenters. The minimum Gasteiger partial charge on any atom is -0.451 e. The van der Waals surface area contributed by atoms with E-state index >= 15 is 0 Å². The maximum Gasteiger partial charge on any atom is 0.359 e. The molecule has 142 valence electrons. The second-order valence-corrected chi connectivity index (χ2v) is 6.64. The monoisotopic (exact) mass is 369 g/mol. The Bertz CT molecular complexity index is 906. The fraction of sp³-hybridized carbons (Fsp3) is 0.400. The summed E-state index contributed by atoms with van der Waals surface area (Å²) in [5.41, 5.74) is 1.72. The number of nitrogens with zero attached hydrogens (tertiary/aromatic N) is 3. The van der Waals surface area contributed by atoms with Crippen LogP contribution >= 0.6 is 0 Å². The zero-order valence-corrected chi connectivity index (χ0v) is 15.6. The summed E-state index contributed by atoms with van der Waals surface area (Å²) in [5.74, 6) is -0.990. The number of aryl methyl sites for hydroxylation is 2. The van der Waals surface area contributed by atoms with Crippen molar-refractivity contribution < 1.29 is 14.3 Å². The fourth-order valence-electron chi connectivity index (χ4n) is 3.27. The van der Waals surface area contributed by atoms with Gasteiger partial charge in [-0.2, -0.15) is 5.10 Å². The number of hydrogen-bond donors (Lipinski definition) is 0. The number of ether oxygens (including phenoxy) is 1. The summed E-state index contributed by atoms with van der Waals surface area (Å²) in [7, 11) is 0. The molecule has 2 aromatic rings. The lowest BCUT2D eigenvalue weighted by atomic mass is 9.96. The first-order valence-corrected chi connectivity index (χ1v) is 9.16. The maximum absolute atomic E-state index is 12.7. The molecule has 2 heterocycles. The number of esters is 1. The molecule has 0 saturated heterocycles. The predicted molar refractivity (Wildman–Crippen MR) is 101 cm³/mol. The van der Waals surface area contributed by atoms with E-state index in [0.29, 0.717) is 6.54 Å². The highest BCUT2D eigenvalue weighted by Crippen LogP contribution is 2.30. The van der Waals surface area contributed by atoms with E-state index < -0.39 is 5.97 Å². The third-order valence-corrected chi connectivity index (χ3v) is 4.63. The minimum atomic E-state index is -0.717. The van der Waals surface area contributed by atoms with E-state index in [9.17, 15) is 14.4 Å². The maximum atomic E-state index is 12.7. The van der Waals surface area contributed by atoms with Gasteiger partial charge >= 0.3 is 5.97 Å². The highest BCUT2D eigenvalue weighted by molar-refractivity contribution is 5.98. The summed E-state index contributed by atoms with van der Waals surface area (Å²) in [5, 5.41) is 4.01. The Balaban J connectivity index is 1.70. The Hall–Kier alpha value is -2.96. The lowest BCUT2D eigenvalue weighted by Gasteiger charge is -2.35. The summed E-state index contributed by atoms with van der Waals surface area (Å²) in [6.45, 7) is 3.94. The predicted octanol–water partition coefficient (Wildman–Crippen LogP) is 2.18. The van der Waals surface area contributed by atoms with Gasteiger partial charge in [0.2, 0.25) is 0 Å². The van der Waals surface area contributed by atoms with Crippen LogP contribution in [0.15, 0.2) is 41.2 Å². The summed E-state index contributed by atoms with van der Waals surface area (Å²) >= 11 is 0. The zero-order valence-electron chi connectivity index (χ0n) is 15.6. The number of aromatic nitrogens is 2. The number of anilines is 1. The van der Waals surface area contributed by atoms with Gasteiger partial charge in [-0.1, -0.05) is 25.1 Å². The van der Waals surface area contributed by atoms with Gasteiger partial charge in [0, 0.05) is 24.3 Å². The molecule has 1 aromatic heterocycles. The lowest BCUT2D eigenvalue weighted by Crippen LogP contribution is -2.44. The van der Waals surface area contributed by atoms with Crippen molar-refractivity contribution in [1.29, 1.82) is 0 Å². The number of hydrogen-bond acceptors (Lipinski definition) is 5. The summed E-state index contributed by atoms with van der Waals surface area (Å²) in [4.78, 5) is 38.3. The normalized spacial score (nSPS) is 15.9. The van der Waals surface area contributed by atoms with Crippen molar-refractivity contribution in [2.75, 3.05) is 11.5 Å². The number of carbonyl (C=O) groups is 2.